The second-order valence-electron chi connectivity index (χ2n) is 1.91. The van der Waals surface area contributed by atoms with E-state index in [0.717, 1.165) is 0 Å². The summed E-state index contributed by atoms with van der Waals surface area (Å²) in [6, 6.07) is 8.80. The van der Waals surface area contributed by atoms with Crippen molar-refractivity contribution >= 4 is 17.4 Å². The highest BCUT2D eigenvalue weighted by Crippen LogP contribution is 1.98. The van der Waals surface area contributed by atoms with Crippen LogP contribution in [0.5, 0.6) is 0 Å². The Kier molecular flexibility index (Phi) is 2.71. The number of rotatable bonds is 1. The summed E-state index contributed by atoms with van der Waals surface area (Å²) in [6.45, 7) is 0. The van der Waals surface area contributed by atoms with Crippen LogP contribution < -0.4 is 0 Å². The van der Waals surface area contributed by atoms with Gasteiger partial charge in [-0.15, -0.1) is 0 Å². The largest absolute Gasteiger partial charge is 0.279 e. The van der Waals surface area contributed by atoms with Gasteiger partial charge in [0, 0.05) is 10.9 Å². The first-order valence-corrected chi connectivity index (χ1v) is 3.43. The van der Waals surface area contributed by atoms with Crippen LogP contribution in [0.15, 0.2) is 30.3 Å². The minimum absolute atomic E-state index is 0.249. The molecule has 0 unspecified atom stereocenters. The van der Waals surface area contributed by atoms with Crippen LogP contribution in [0.2, 0.25) is 0 Å². The third-order valence-electron chi connectivity index (χ3n) is 1.20. The number of halogens is 1. The zero-order valence-electron chi connectivity index (χ0n) is 5.67. The van der Waals surface area contributed by atoms with E-state index in [4.69, 9.17) is 11.6 Å². The van der Waals surface area contributed by atoms with E-state index in [-0.39, 0.29) is 5.78 Å². The van der Waals surface area contributed by atoms with Crippen molar-refractivity contribution in [3.05, 3.63) is 35.9 Å². The minimum Gasteiger partial charge on any atom is -0.279 e. The van der Waals surface area contributed by atoms with Gasteiger partial charge in [-0.2, -0.15) is 0 Å². The maximum absolute atomic E-state index is 11.0. The highest BCUT2D eigenvalue weighted by molar-refractivity contribution is 6.32. The molecule has 0 N–H and O–H groups in total. The van der Waals surface area contributed by atoms with Gasteiger partial charge in [-0.3, -0.25) is 4.79 Å². The molecule has 2 heteroatoms. The first kappa shape index (κ1) is 7.84. The molecule has 0 aromatic heterocycles. The molecule has 0 bridgehead atoms. The SMILES string of the molecule is O=C(C#CCl)c1ccccc1. The normalized spacial score (nSPS) is 8.09. The van der Waals surface area contributed by atoms with Crippen LogP contribution in [0.3, 0.4) is 0 Å². The Hall–Kier alpha value is -1.26. The molecule has 1 nitrogen and oxygen atoms in total. The summed E-state index contributed by atoms with van der Waals surface area (Å²) in [5, 5.41) is 2.04. The van der Waals surface area contributed by atoms with Crippen LogP contribution in [0.25, 0.3) is 0 Å². The predicted molar refractivity (Wildman–Crippen MR) is 44.4 cm³/mol. The summed E-state index contributed by atoms with van der Waals surface area (Å²) in [4.78, 5) is 11.0. The topological polar surface area (TPSA) is 17.1 Å². The second-order valence-corrected chi connectivity index (χ2v) is 2.10. The summed E-state index contributed by atoms with van der Waals surface area (Å²) >= 11 is 5.06. The van der Waals surface area contributed by atoms with Gasteiger partial charge in [-0.1, -0.05) is 30.3 Å². The lowest BCUT2D eigenvalue weighted by Crippen LogP contribution is -1.92. The Bertz CT molecular complexity index is 305. The van der Waals surface area contributed by atoms with E-state index in [1.807, 2.05) is 11.4 Å². The molecule has 0 spiro atoms. The lowest BCUT2D eigenvalue weighted by atomic mass is 10.1. The van der Waals surface area contributed by atoms with Gasteiger partial charge in [-0.05, 0) is 17.5 Å². The highest BCUT2D eigenvalue weighted by Gasteiger charge is 1.97. The highest BCUT2D eigenvalue weighted by atomic mass is 35.5. The van der Waals surface area contributed by atoms with E-state index in [1.165, 1.54) is 0 Å². The monoisotopic (exact) mass is 164 g/mol. The van der Waals surface area contributed by atoms with Crippen molar-refractivity contribution in [3.63, 3.8) is 0 Å². The van der Waals surface area contributed by atoms with Gasteiger partial charge in [0.15, 0.2) is 0 Å². The van der Waals surface area contributed by atoms with Crippen LogP contribution in [-0.4, -0.2) is 5.78 Å². The van der Waals surface area contributed by atoms with E-state index >= 15 is 0 Å². The van der Waals surface area contributed by atoms with Crippen molar-refractivity contribution in [2.24, 2.45) is 0 Å². The fourth-order valence-corrected chi connectivity index (χ4v) is 0.790. The minimum atomic E-state index is -0.249. The summed E-state index contributed by atoms with van der Waals surface area (Å²) in [5.74, 6) is 1.99. The van der Waals surface area contributed by atoms with Gasteiger partial charge in [0.25, 0.3) is 0 Å². The molecule has 0 aliphatic heterocycles. The third-order valence-corrected chi connectivity index (χ3v) is 1.29. The van der Waals surface area contributed by atoms with Crippen molar-refractivity contribution in [1.82, 2.24) is 0 Å². The molecule has 0 aliphatic rings. The molecule has 0 radical (unpaired) electrons. The Morgan fingerprint density at radius 1 is 1.27 bits per heavy atom. The number of carbonyl (C=O) groups excluding carboxylic acids is 1. The van der Waals surface area contributed by atoms with Crippen molar-refractivity contribution < 1.29 is 4.79 Å². The second kappa shape index (κ2) is 3.80. The molecule has 54 valence electrons. The van der Waals surface area contributed by atoms with Gasteiger partial charge >= 0.3 is 0 Å². The quantitative estimate of drug-likeness (QED) is 0.459. The lowest BCUT2D eigenvalue weighted by Gasteiger charge is -1.89. The van der Waals surface area contributed by atoms with Gasteiger partial charge in [-0.25, -0.2) is 0 Å². The summed E-state index contributed by atoms with van der Waals surface area (Å²) in [7, 11) is 0. The molecule has 0 atom stereocenters. The van der Waals surface area contributed by atoms with Crippen molar-refractivity contribution in [2.75, 3.05) is 0 Å². The standard InChI is InChI=1S/C9H5ClO/c10-7-6-9(11)8-4-2-1-3-5-8/h1-5H. The predicted octanol–water partition coefficient (Wildman–Crippen LogP) is 2.07. The average Bonchev–Trinajstić information content (AvgIpc) is 2.07. The summed E-state index contributed by atoms with van der Waals surface area (Å²) in [5.41, 5.74) is 0.570. The lowest BCUT2D eigenvalue weighted by molar-refractivity contribution is 0.105. The molecule has 0 saturated heterocycles. The zero-order valence-corrected chi connectivity index (χ0v) is 6.43. The number of Topliss-reactive ketones (excluding diaryl/α,β-unsaturated/α-hetero) is 1. The fraction of sp³-hybridized carbons (Fsp3) is 0. The zero-order chi connectivity index (χ0) is 8.10. The average molecular weight is 165 g/mol. The fourth-order valence-electron chi connectivity index (χ4n) is 0.705. The van der Waals surface area contributed by atoms with Gasteiger partial charge in [0.1, 0.15) is 0 Å². The maximum Gasteiger partial charge on any atom is 0.237 e. The Morgan fingerprint density at radius 3 is 2.45 bits per heavy atom. The number of ketones is 1. The van der Waals surface area contributed by atoms with Crippen molar-refractivity contribution in [3.8, 4) is 11.3 Å². The van der Waals surface area contributed by atoms with E-state index < -0.39 is 0 Å². The Balaban J connectivity index is 2.92. The number of hydrogen-bond donors (Lipinski definition) is 0. The molecular weight excluding hydrogens is 160 g/mol. The van der Waals surface area contributed by atoms with Crippen LogP contribution in [0.4, 0.5) is 0 Å². The molecule has 0 heterocycles. The molecule has 1 aromatic carbocycles. The molecule has 0 amide bonds. The van der Waals surface area contributed by atoms with E-state index in [2.05, 4.69) is 5.92 Å². The van der Waals surface area contributed by atoms with Crippen LogP contribution in [0, 0.1) is 11.3 Å². The smallest absolute Gasteiger partial charge is 0.237 e. The first-order valence-electron chi connectivity index (χ1n) is 3.05. The van der Waals surface area contributed by atoms with Gasteiger partial charge in [0.2, 0.25) is 5.78 Å². The third kappa shape index (κ3) is 2.10. The molecule has 11 heavy (non-hydrogen) atoms. The van der Waals surface area contributed by atoms with E-state index in [9.17, 15) is 4.79 Å². The molecule has 1 rings (SSSR count). The Labute approximate surface area is 70.0 Å². The number of carbonyl (C=O) groups is 1. The van der Waals surface area contributed by atoms with Crippen molar-refractivity contribution in [1.29, 1.82) is 0 Å². The summed E-state index contributed by atoms with van der Waals surface area (Å²) in [6.07, 6.45) is 0. The first-order chi connectivity index (χ1) is 5.34. The molecule has 0 saturated carbocycles. The van der Waals surface area contributed by atoms with Crippen LogP contribution in [-0.2, 0) is 0 Å². The van der Waals surface area contributed by atoms with Crippen LogP contribution in [0.1, 0.15) is 10.4 Å². The van der Waals surface area contributed by atoms with E-state index in [1.54, 1.807) is 24.3 Å². The van der Waals surface area contributed by atoms with Gasteiger partial charge < -0.3 is 0 Å². The molecular formula is C9H5ClO. The van der Waals surface area contributed by atoms with Crippen LogP contribution >= 0.6 is 11.6 Å². The van der Waals surface area contributed by atoms with Crippen molar-refractivity contribution in [2.45, 2.75) is 0 Å². The maximum atomic E-state index is 11.0. The molecule has 0 aliphatic carbocycles. The van der Waals surface area contributed by atoms with Gasteiger partial charge in [0.05, 0.1) is 0 Å². The number of hydrogen-bond acceptors (Lipinski definition) is 1. The van der Waals surface area contributed by atoms with E-state index in [0.29, 0.717) is 5.56 Å². The molecule has 1 aromatic rings. The molecule has 0 fully saturated rings. The summed E-state index contributed by atoms with van der Waals surface area (Å²) < 4.78 is 0. The Morgan fingerprint density at radius 2 is 1.91 bits per heavy atom. The number of benzene rings is 1.